The van der Waals surface area contributed by atoms with Gasteiger partial charge in [0.2, 0.25) is 5.91 Å². The second kappa shape index (κ2) is 9.74. The predicted octanol–water partition coefficient (Wildman–Crippen LogP) is 2.40. The number of nitrogens with one attached hydrogen (secondary N) is 1. The fraction of sp³-hybridized carbons (Fsp3) is 0.200. The highest BCUT2D eigenvalue weighted by Gasteiger charge is 2.11. The minimum absolute atomic E-state index is 0.157. The van der Waals surface area contributed by atoms with Crippen LogP contribution < -0.4 is 5.32 Å². The van der Waals surface area contributed by atoms with E-state index in [0.29, 0.717) is 18.7 Å². The predicted molar refractivity (Wildman–Crippen MR) is 98.8 cm³/mol. The van der Waals surface area contributed by atoms with E-state index in [1.807, 2.05) is 12.1 Å². The normalized spacial score (nSPS) is 10.3. The molecule has 6 nitrogen and oxygen atoms in total. The van der Waals surface area contributed by atoms with E-state index in [4.69, 9.17) is 5.26 Å². The summed E-state index contributed by atoms with van der Waals surface area (Å²) < 4.78 is 0. The standard InChI is InChI=1S/C20H20N4O2/c1-22-20(26)18-8-5-16(6-9-18)7-10-19(25)24(13-3-11-21)15-17-4-2-12-23-14-17/h2,4-10,12,14H,3,13,15H2,1H3,(H,22,26)/b10-7-. The van der Waals surface area contributed by atoms with E-state index in [1.165, 1.54) is 6.08 Å². The third kappa shape index (κ3) is 5.56. The SMILES string of the molecule is CNC(=O)c1ccc(/C=C\C(=O)N(CCC#N)Cc2cccnc2)cc1. The Bertz CT molecular complexity index is 808. The monoisotopic (exact) mass is 348 g/mol. The number of hydrogen-bond acceptors (Lipinski definition) is 4. The zero-order chi connectivity index (χ0) is 18.8. The van der Waals surface area contributed by atoms with Gasteiger partial charge in [-0.25, -0.2) is 0 Å². The largest absolute Gasteiger partial charge is 0.355 e. The first kappa shape index (κ1) is 18.9. The number of carbonyl (C=O) groups is 2. The van der Waals surface area contributed by atoms with Crippen LogP contribution in [0.2, 0.25) is 0 Å². The number of benzene rings is 1. The van der Waals surface area contributed by atoms with E-state index in [9.17, 15) is 9.59 Å². The van der Waals surface area contributed by atoms with Crippen molar-refractivity contribution in [2.45, 2.75) is 13.0 Å². The average molecular weight is 348 g/mol. The molecule has 2 amide bonds. The van der Waals surface area contributed by atoms with Gasteiger partial charge >= 0.3 is 0 Å². The second-order valence-electron chi connectivity index (χ2n) is 5.56. The van der Waals surface area contributed by atoms with Gasteiger partial charge in [-0.15, -0.1) is 0 Å². The maximum absolute atomic E-state index is 12.5. The van der Waals surface area contributed by atoms with Gasteiger partial charge in [-0.1, -0.05) is 18.2 Å². The summed E-state index contributed by atoms with van der Waals surface area (Å²) in [5.41, 5.74) is 2.28. The molecule has 0 bridgehead atoms. The molecule has 2 aromatic rings. The van der Waals surface area contributed by atoms with Gasteiger partial charge < -0.3 is 10.2 Å². The first-order valence-corrected chi connectivity index (χ1v) is 8.19. The number of nitriles is 1. The topological polar surface area (TPSA) is 86.1 Å². The van der Waals surface area contributed by atoms with E-state index < -0.39 is 0 Å². The first-order valence-electron chi connectivity index (χ1n) is 8.19. The van der Waals surface area contributed by atoms with Crippen molar-refractivity contribution in [2.24, 2.45) is 0 Å². The third-order valence-electron chi connectivity index (χ3n) is 3.72. The van der Waals surface area contributed by atoms with Crippen LogP contribution in [0.15, 0.2) is 54.9 Å². The Labute approximate surface area is 152 Å². The lowest BCUT2D eigenvalue weighted by Gasteiger charge is -2.19. The molecule has 0 radical (unpaired) electrons. The molecule has 1 N–H and O–H groups in total. The lowest BCUT2D eigenvalue weighted by Crippen LogP contribution is -2.29. The Morgan fingerprint density at radius 3 is 2.65 bits per heavy atom. The van der Waals surface area contributed by atoms with Crippen LogP contribution in [0, 0.1) is 11.3 Å². The van der Waals surface area contributed by atoms with Gasteiger partial charge in [0.25, 0.3) is 5.91 Å². The molecule has 2 rings (SSSR count). The number of rotatable bonds is 7. The Balaban J connectivity index is 2.06. The van der Waals surface area contributed by atoms with Crippen LogP contribution in [0.5, 0.6) is 0 Å². The van der Waals surface area contributed by atoms with Gasteiger partial charge in [-0.2, -0.15) is 5.26 Å². The molecule has 6 heteroatoms. The van der Waals surface area contributed by atoms with Gasteiger partial charge in [-0.3, -0.25) is 14.6 Å². The molecule has 0 aliphatic heterocycles. The highest BCUT2D eigenvalue weighted by Crippen LogP contribution is 2.09. The minimum atomic E-state index is -0.181. The maximum atomic E-state index is 12.5. The van der Waals surface area contributed by atoms with Gasteiger partial charge in [0.1, 0.15) is 0 Å². The summed E-state index contributed by atoms with van der Waals surface area (Å²) in [5, 5.41) is 11.4. The molecular formula is C20H20N4O2. The van der Waals surface area contributed by atoms with Crippen molar-refractivity contribution in [1.29, 1.82) is 5.26 Å². The van der Waals surface area contributed by atoms with Crippen molar-refractivity contribution < 1.29 is 9.59 Å². The number of aromatic nitrogens is 1. The fourth-order valence-corrected chi connectivity index (χ4v) is 2.33. The van der Waals surface area contributed by atoms with Gasteiger partial charge in [0.15, 0.2) is 0 Å². The molecule has 1 aromatic carbocycles. The van der Waals surface area contributed by atoms with Crippen LogP contribution in [0.1, 0.15) is 27.9 Å². The summed E-state index contributed by atoms with van der Waals surface area (Å²) in [5.74, 6) is -0.338. The summed E-state index contributed by atoms with van der Waals surface area (Å²) in [6.07, 6.45) is 6.81. The van der Waals surface area contributed by atoms with Crippen molar-refractivity contribution >= 4 is 17.9 Å². The Kier molecular flexibility index (Phi) is 7.07. The Morgan fingerprint density at radius 2 is 2.04 bits per heavy atom. The smallest absolute Gasteiger partial charge is 0.251 e. The Hall–Kier alpha value is -3.46. The molecule has 0 saturated carbocycles. The summed E-state index contributed by atoms with van der Waals surface area (Å²) in [7, 11) is 1.58. The van der Waals surface area contributed by atoms with E-state index >= 15 is 0 Å². The molecule has 1 aromatic heterocycles. The van der Waals surface area contributed by atoms with Gasteiger partial charge in [0.05, 0.1) is 12.5 Å². The molecule has 0 aliphatic carbocycles. The van der Waals surface area contributed by atoms with E-state index in [-0.39, 0.29) is 18.2 Å². The van der Waals surface area contributed by atoms with Crippen LogP contribution in [0.25, 0.3) is 6.08 Å². The minimum Gasteiger partial charge on any atom is -0.355 e. The highest BCUT2D eigenvalue weighted by atomic mass is 16.2. The number of carbonyl (C=O) groups excluding carboxylic acids is 2. The molecule has 0 unspecified atom stereocenters. The summed E-state index contributed by atoms with van der Waals surface area (Å²) in [6, 6.07) is 12.7. The number of hydrogen-bond donors (Lipinski definition) is 1. The molecule has 0 spiro atoms. The van der Waals surface area contributed by atoms with Crippen LogP contribution >= 0.6 is 0 Å². The number of pyridine rings is 1. The highest BCUT2D eigenvalue weighted by molar-refractivity contribution is 5.94. The molecule has 1 heterocycles. The van der Waals surface area contributed by atoms with Crippen molar-refractivity contribution in [3.8, 4) is 6.07 Å². The molecule has 132 valence electrons. The number of nitrogens with zero attached hydrogens (tertiary/aromatic N) is 3. The van der Waals surface area contributed by atoms with Gasteiger partial charge in [0, 0.05) is 44.2 Å². The van der Waals surface area contributed by atoms with E-state index in [2.05, 4.69) is 16.4 Å². The summed E-state index contributed by atoms with van der Waals surface area (Å²) in [4.78, 5) is 29.7. The molecule has 0 atom stereocenters. The fourth-order valence-electron chi connectivity index (χ4n) is 2.33. The zero-order valence-electron chi connectivity index (χ0n) is 14.6. The van der Waals surface area contributed by atoms with Crippen LogP contribution in [-0.2, 0) is 11.3 Å². The lowest BCUT2D eigenvalue weighted by atomic mass is 10.1. The average Bonchev–Trinajstić information content (AvgIpc) is 2.69. The number of amides is 2. The second-order valence-corrected chi connectivity index (χ2v) is 5.56. The lowest BCUT2D eigenvalue weighted by molar-refractivity contribution is -0.126. The maximum Gasteiger partial charge on any atom is 0.251 e. The molecule has 0 fully saturated rings. The quantitative estimate of drug-likeness (QED) is 0.779. The van der Waals surface area contributed by atoms with Crippen molar-refractivity contribution in [2.75, 3.05) is 13.6 Å². The van der Waals surface area contributed by atoms with Crippen LogP contribution in [0.3, 0.4) is 0 Å². The van der Waals surface area contributed by atoms with E-state index in [0.717, 1.165) is 11.1 Å². The van der Waals surface area contributed by atoms with Crippen LogP contribution in [-0.4, -0.2) is 35.3 Å². The van der Waals surface area contributed by atoms with Crippen molar-refractivity contribution in [3.63, 3.8) is 0 Å². The zero-order valence-corrected chi connectivity index (χ0v) is 14.6. The molecule has 26 heavy (non-hydrogen) atoms. The van der Waals surface area contributed by atoms with Crippen LogP contribution in [0.4, 0.5) is 0 Å². The Morgan fingerprint density at radius 1 is 1.27 bits per heavy atom. The summed E-state index contributed by atoms with van der Waals surface area (Å²) >= 11 is 0. The molecule has 0 saturated heterocycles. The molecular weight excluding hydrogens is 328 g/mol. The van der Waals surface area contributed by atoms with Crippen molar-refractivity contribution in [1.82, 2.24) is 15.2 Å². The van der Waals surface area contributed by atoms with E-state index in [1.54, 1.807) is 54.7 Å². The van der Waals surface area contributed by atoms with Gasteiger partial charge in [-0.05, 0) is 35.4 Å². The van der Waals surface area contributed by atoms with Crippen molar-refractivity contribution in [3.05, 3.63) is 71.6 Å². The summed E-state index contributed by atoms with van der Waals surface area (Å²) in [6.45, 7) is 0.748. The third-order valence-corrected chi connectivity index (χ3v) is 3.72. The first-order chi connectivity index (χ1) is 12.6. The molecule has 0 aliphatic rings.